The summed E-state index contributed by atoms with van der Waals surface area (Å²) in [5.41, 5.74) is 4.47. The van der Waals surface area contributed by atoms with Crippen LogP contribution in [0.4, 0.5) is 0 Å². The van der Waals surface area contributed by atoms with Crippen LogP contribution >= 0.6 is 0 Å². The van der Waals surface area contributed by atoms with Crippen LogP contribution in [0, 0.1) is 51.8 Å². The van der Waals surface area contributed by atoms with E-state index in [1.165, 1.54) is 68.1 Å². The molecule has 48 heavy (non-hydrogen) atoms. The van der Waals surface area contributed by atoms with Crippen molar-refractivity contribution < 1.29 is 14.6 Å². The van der Waals surface area contributed by atoms with Crippen LogP contribution in [0.25, 0.3) is 0 Å². The first kappa shape index (κ1) is 35.9. The van der Waals surface area contributed by atoms with Crippen LogP contribution in [0.3, 0.4) is 0 Å². The van der Waals surface area contributed by atoms with E-state index in [4.69, 9.17) is 9.47 Å². The van der Waals surface area contributed by atoms with E-state index in [1.807, 2.05) is 0 Å². The third-order valence-corrected chi connectivity index (χ3v) is 14.8. The summed E-state index contributed by atoms with van der Waals surface area (Å²) in [6.45, 7) is 18.4. The summed E-state index contributed by atoms with van der Waals surface area (Å²) in [6, 6.07) is 21.5. The van der Waals surface area contributed by atoms with Gasteiger partial charge in [0.15, 0.2) is 0 Å². The number of fused-ring (bicyclic) bond motifs is 5. The first-order valence-electron chi connectivity index (χ1n) is 19.7. The third kappa shape index (κ3) is 6.51. The summed E-state index contributed by atoms with van der Waals surface area (Å²) in [7, 11) is 0. The molecule has 6 rings (SSSR count). The highest BCUT2D eigenvalue weighted by molar-refractivity contribution is 5.31. The zero-order chi connectivity index (χ0) is 34.1. The molecule has 3 nitrogen and oxygen atoms in total. The van der Waals surface area contributed by atoms with E-state index in [-0.39, 0.29) is 40.5 Å². The number of aliphatic hydroxyl groups is 1. The lowest BCUT2D eigenvalue weighted by Gasteiger charge is -2.69. The summed E-state index contributed by atoms with van der Waals surface area (Å²) < 4.78 is 14.5. The molecule has 1 N–H and O–H groups in total. The van der Waals surface area contributed by atoms with Gasteiger partial charge in [0.2, 0.25) is 0 Å². The monoisotopic (exact) mass is 655 g/mol. The van der Waals surface area contributed by atoms with E-state index in [2.05, 4.69) is 115 Å². The van der Waals surface area contributed by atoms with Crippen molar-refractivity contribution in [2.24, 2.45) is 51.8 Å². The topological polar surface area (TPSA) is 38.7 Å². The van der Waals surface area contributed by atoms with Crippen LogP contribution in [0.1, 0.15) is 124 Å². The van der Waals surface area contributed by atoms with Crippen molar-refractivity contribution >= 4 is 0 Å². The molecule has 3 fully saturated rings. The molecular weight excluding hydrogens is 588 g/mol. The molecule has 0 spiro atoms. The van der Waals surface area contributed by atoms with Gasteiger partial charge >= 0.3 is 0 Å². The lowest BCUT2D eigenvalue weighted by Crippen LogP contribution is -2.68. The maximum absolute atomic E-state index is 11.8. The maximum Gasteiger partial charge on any atom is 0.0880 e. The lowest BCUT2D eigenvalue weighted by atomic mass is 9.37. The Balaban J connectivity index is 1.35. The van der Waals surface area contributed by atoms with Crippen LogP contribution in [-0.4, -0.2) is 23.4 Å². The zero-order valence-corrected chi connectivity index (χ0v) is 31.3. The SMILES string of the molecule is CCCC(CC(O)C(C)C1=CCC2C3[C@@H](OCc4ccccc4)[C@H](OCc4ccccc4)C4CCCC[C@]4(C)[C@@]3(C)CC[C@]12C)C(C)C. The van der Waals surface area contributed by atoms with Gasteiger partial charge in [-0.15, -0.1) is 0 Å². The zero-order valence-electron chi connectivity index (χ0n) is 31.3. The molecule has 0 bridgehead atoms. The van der Waals surface area contributed by atoms with Gasteiger partial charge < -0.3 is 14.6 Å². The molecule has 4 aliphatic rings. The minimum atomic E-state index is -0.294. The average Bonchev–Trinajstić information content (AvgIpc) is 3.44. The number of aliphatic hydroxyl groups excluding tert-OH is 1. The largest absolute Gasteiger partial charge is 0.393 e. The Hall–Kier alpha value is -1.94. The fourth-order valence-corrected chi connectivity index (χ4v) is 11.7. The minimum Gasteiger partial charge on any atom is -0.393 e. The predicted octanol–water partition coefficient (Wildman–Crippen LogP) is 11.2. The summed E-state index contributed by atoms with van der Waals surface area (Å²) in [6.07, 6.45) is 14.3. The van der Waals surface area contributed by atoms with Gasteiger partial charge in [-0.1, -0.05) is 146 Å². The van der Waals surface area contributed by atoms with Gasteiger partial charge in [-0.3, -0.25) is 0 Å². The molecule has 0 amide bonds. The Morgan fingerprint density at radius 2 is 1.40 bits per heavy atom. The Labute approximate surface area is 293 Å². The predicted molar refractivity (Wildman–Crippen MR) is 198 cm³/mol. The fraction of sp³-hybridized carbons (Fsp3) is 0.689. The molecule has 0 radical (unpaired) electrons. The Morgan fingerprint density at radius 3 is 2.00 bits per heavy atom. The molecule has 264 valence electrons. The third-order valence-electron chi connectivity index (χ3n) is 14.8. The molecule has 6 unspecified atom stereocenters. The van der Waals surface area contributed by atoms with Crippen molar-refractivity contribution in [2.75, 3.05) is 0 Å². The molecule has 11 atom stereocenters. The maximum atomic E-state index is 11.8. The molecule has 2 aromatic rings. The number of allylic oxidation sites excluding steroid dienone is 1. The second kappa shape index (κ2) is 14.7. The summed E-state index contributed by atoms with van der Waals surface area (Å²) in [5.74, 6) is 2.72. The van der Waals surface area contributed by atoms with Crippen LogP contribution in [-0.2, 0) is 22.7 Å². The summed E-state index contributed by atoms with van der Waals surface area (Å²) in [4.78, 5) is 0. The van der Waals surface area contributed by atoms with E-state index < -0.39 is 0 Å². The number of hydrogen-bond donors (Lipinski definition) is 1. The highest BCUT2D eigenvalue weighted by Crippen LogP contribution is 2.73. The quantitative estimate of drug-likeness (QED) is 0.218. The van der Waals surface area contributed by atoms with Gasteiger partial charge in [-0.05, 0) is 95.5 Å². The Kier molecular flexibility index (Phi) is 11.0. The molecule has 0 aliphatic heterocycles. The number of ether oxygens (including phenoxy) is 2. The molecule has 0 heterocycles. The van der Waals surface area contributed by atoms with Gasteiger partial charge in [0.05, 0.1) is 31.5 Å². The molecule has 3 heteroatoms. The van der Waals surface area contributed by atoms with Crippen LogP contribution in [0.2, 0.25) is 0 Å². The van der Waals surface area contributed by atoms with E-state index in [0.717, 1.165) is 12.8 Å². The second-order valence-electron chi connectivity index (χ2n) is 17.5. The van der Waals surface area contributed by atoms with E-state index in [0.29, 0.717) is 42.8 Å². The first-order chi connectivity index (χ1) is 23.0. The van der Waals surface area contributed by atoms with Gasteiger partial charge in [-0.2, -0.15) is 0 Å². The molecular formula is C45H66O3. The molecule has 2 aromatic carbocycles. The van der Waals surface area contributed by atoms with Crippen molar-refractivity contribution in [1.82, 2.24) is 0 Å². The molecule has 0 saturated heterocycles. The standard InChI is InChI=1S/C45H66O3/c1-8-17-35(31(2)3)28-39(46)32(4)36-23-24-37-40-42(48-30-34-20-13-10-14-21-34)41(47-29-33-18-11-9-12-19-33)38-22-15-16-25-44(38,6)45(40,7)27-26-43(36,37)5/h9-14,18-21,23,31-32,35,37-42,46H,8,15-17,22,24-30H2,1-7H3/t32?,35?,37?,38?,39?,40?,41-,42-,43-,44+,45+/m1/s1. The smallest absolute Gasteiger partial charge is 0.0880 e. The number of rotatable bonds is 13. The first-order valence-corrected chi connectivity index (χ1v) is 19.7. The summed E-state index contributed by atoms with van der Waals surface area (Å²) in [5, 5.41) is 11.8. The normalized spacial score (nSPS) is 36.4. The number of benzene rings is 2. The van der Waals surface area contributed by atoms with Crippen molar-refractivity contribution in [3.05, 3.63) is 83.4 Å². The Morgan fingerprint density at radius 1 is 0.771 bits per heavy atom. The Bertz CT molecular complexity index is 1350. The second-order valence-corrected chi connectivity index (χ2v) is 17.5. The van der Waals surface area contributed by atoms with Crippen molar-refractivity contribution in [3.63, 3.8) is 0 Å². The van der Waals surface area contributed by atoms with Gasteiger partial charge in [-0.25, -0.2) is 0 Å². The van der Waals surface area contributed by atoms with E-state index >= 15 is 0 Å². The van der Waals surface area contributed by atoms with Gasteiger partial charge in [0.25, 0.3) is 0 Å². The van der Waals surface area contributed by atoms with Crippen molar-refractivity contribution in [2.45, 2.75) is 144 Å². The van der Waals surface area contributed by atoms with Crippen molar-refractivity contribution in [1.29, 1.82) is 0 Å². The average molecular weight is 655 g/mol. The highest BCUT2D eigenvalue weighted by atomic mass is 16.5. The van der Waals surface area contributed by atoms with Crippen LogP contribution < -0.4 is 0 Å². The highest BCUT2D eigenvalue weighted by Gasteiger charge is 2.69. The lowest BCUT2D eigenvalue weighted by molar-refractivity contribution is -0.277. The molecule has 3 saturated carbocycles. The molecule has 4 aliphatic carbocycles. The molecule has 0 aromatic heterocycles. The van der Waals surface area contributed by atoms with Crippen LogP contribution in [0.15, 0.2) is 72.3 Å². The van der Waals surface area contributed by atoms with Gasteiger partial charge in [0, 0.05) is 5.92 Å². The fourth-order valence-electron chi connectivity index (χ4n) is 11.7. The van der Waals surface area contributed by atoms with Gasteiger partial charge in [0.1, 0.15) is 0 Å². The van der Waals surface area contributed by atoms with Crippen molar-refractivity contribution in [3.8, 4) is 0 Å². The summed E-state index contributed by atoms with van der Waals surface area (Å²) >= 11 is 0. The van der Waals surface area contributed by atoms with Crippen LogP contribution in [0.5, 0.6) is 0 Å². The van der Waals surface area contributed by atoms with E-state index in [1.54, 1.807) is 0 Å². The minimum absolute atomic E-state index is 0.0302. The van der Waals surface area contributed by atoms with E-state index in [9.17, 15) is 5.11 Å². The number of hydrogen-bond acceptors (Lipinski definition) is 3.